The molecule has 25 heavy (non-hydrogen) atoms. The highest BCUT2D eigenvalue weighted by molar-refractivity contribution is 6.15. The van der Waals surface area contributed by atoms with Crippen LogP contribution in [0.25, 0.3) is 16.6 Å². The first-order chi connectivity index (χ1) is 12.0. The van der Waals surface area contributed by atoms with E-state index in [0.717, 1.165) is 28.6 Å². The van der Waals surface area contributed by atoms with Crippen LogP contribution in [-0.2, 0) is 6.42 Å². The monoisotopic (exact) mass is 328 g/mol. The van der Waals surface area contributed by atoms with Gasteiger partial charge in [-0.1, -0.05) is 42.5 Å². The Balaban J connectivity index is 1.81. The topological polar surface area (TPSA) is 42.0 Å². The standard InChI is InChI=1S/C22H20N2O/c1-22(2)14-15-7-3-4-8-16(15)20(24-22)13-21(25)18-11-12-23-19-10-6-5-9-17(18)19/h3-13,24H,14H2,1-2H3/b20-13-. The average molecular weight is 328 g/mol. The van der Waals surface area contributed by atoms with Crippen LogP contribution < -0.4 is 5.32 Å². The number of carbonyl (C=O) groups excluding carboxylic acids is 1. The number of hydrogen-bond donors (Lipinski definition) is 1. The van der Waals surface area contributed by atoms with Gasteiger partial charge in [-0.05, 0) is 38.0 Å². The van der Waals surface area contributed by atoms with Gasteiger partial charge in [0, 0.05) is 40.0 Å². The summed E-state index contributed by atoms with van der Waals surface area (Å²) in [4.78, 5) is 17.3. The van der Waals surface area contributed by atoms with Crippen LogP contribution in [0.4, 0.5) is 0 Å². The summed E-state index contributed by atoms with van der Waals surface area (Å²) in [6.45, 7) is 4.31. The zero-order chi connectivity index (χ0) is 17.4. The second-order valence-electron chi connectivity index (χ2n) is 7.14. The molecule has 1 aliphatic rings. The van der Waals surface area contributed by atoms with Crippen LogP contribution in [0, 0.1) is 0 Å². The Kier molecular flexibility index (Phi) is 3.65. The van der Waals surface area contributed by atoms with Crippen LogP contribution in [0.1, 0.15) is 35.3 Å². The molecule has 3 aromatic rings. The van der Waals surface area contributed by atoms with Crippen molar-refractivity contribution in [3.63, 3.8) is 0 Å². The maximum absolute atomic E-state index is 13.0. The molecule has 0 atom stereocenters. The van der Waals surface area contributed by atoms with E-state index in [9.17, 15) is 4.79 Å². The number of nitrogens with zero attached hydrogens (tertiary/aromatic N) is 1. The van der Waals surface area contributed by atoms with E-state index in [4.69, 9.17) is 0 Å². The molecule has 0 bridgehead atoms. The summed E-state index contributed by atoms with van der Waals surface area (Å²) < 4.78 is 0. The van der Waals surface area contributed by atoms with Gasteiger partial charge in [-0.25, -0.2) is 0 Å². The fourth-order valence-corrected chi connectivity index (χ4v) is 3.52. The summed E-state index contributed by atoms with van der Waals surface area (Å²) in [7, 11) is 0. The first-order valence-electron chi connectivity index (χ1n) is 8.50. The summed E-state index contributed by atoms with van der Waals surface area (Å²) in [5.74, 6) is -0.00592. The largest absolute Gasteiger partial charge is 0.379 e. The molecule has 0 aliphatic carbocycles. The highest BCUT2D eigenvalue weighted by atomic mass is 16.1. The number of nitrogens with one attached hydrogen (secondary N) is 1. The van der Waals surface area contributed by atoms with Gasteiger partial charge in [-0.15, -0.1) is 0 Å². The zero-order valence-electron chi connectivity index (χ0n) is 14.4. The maximum atomic E-state index is 13.0. The third-order valence-corrected chi connectivity index (χ3v) is 4.60. The Morgan fingerprint density at radius 2 is 1.84 bits per heavy atom. The number of ketones is 1. The van der Waals surface area contributed by atoms with Crippen molar-refractivity contribution in [1.29, 1.82) is 0 Å². The van der Waals surface area contributed by atoms with Crippen molar-refractivity contribution >= 4 is 22.4 Å². The second-order valence-corrected chi connectivity index (χ2v) is 7.14. The van der Waals surface area contributed by atoms with E-state index in [-0.39, 0.29) is 11.3 Å². The first kappa shape index (κ1) is 15.6. The van der Waals surface area contributed by atoms with Gasteiger partial charge in [0.05, 0.1) is 5.52 Å². The van der Waals surface area contributed by atoms with E-state index in [1.165, 1.54) is 5.56 Å². The number of aromatic nitrogens is 1. The van der Waals surface area contributed by atoms with Crippen molar-refractivity contribution in [3.05, 3.63) is 83.6 Å². The predicted molar refractivity (Wildman–Crippen MR) is 101 cm³/mol. The van der Waals surface area contributed by atoms with Crippen molar-refractivity contribution in [1.82, 2.24) is 10.3 Å². The number of benzene rings is 2. The van der Waals surface area contributed by atoms with E-state index in [2.05, 4.69) is 42.3 Å². The van der Waals surface area contributed by atoms with E-state index in [1.54, 1.807) is 18.3 Å². The van der Waals surface area contributed by atoms with Crippen LogP contribution >= 0.6 is 0 Å². The Bertz CT molecular complexity index is 996. The molecule has 1 aliphatic heterocycles. The van der Waals surface area contributed by atoms with E-state index < -0.39 is 0 Å². The molecule has 3 heteroatoms. The highest BCUT2D eigenvalue weighted by Crippen LogP contribution is 2.30. The summed E-state index contributed by atoms with van der Waals surface area (Å²) in [5, 5.41) is 4.41. The summed E-state index contributed by atoms with van der Waals surface area (Å²) in [6.07, 6.45) is 4.36. The zero-order valence-corrected chi connectivity index (χ0v) is 14.4. The van der Waals surface area contributed by atoms with Crippen molar-refractivity contribution < 1.29 is 4.79 Å². The number of allylic oxidation sites excluding steroid dienone is 1. The number of rotatable bonds is 2. The number of para-hydroxylation sites is 1. The highest BCUT2D eigenvalue weighted by Gasteiger charge is 2.27. The number of carbonyl (C=O) groups is 1. The van der Waals surface area contributed by atoms with E-state index in [0.29, 0.717) is 5.56 Å². The van der Waals surface area contributed by atoms with Crippen molar-refractivity contribution in [2.45, 2.75) is 25.8 Å². The minimum absolute atomic E-state index is 0.00592. The van der Waals surface area contributed by atoms with Crippen LogP contribution in [0.3, 0.4) is 0 Å². The lowest BCUT2D eigenvalue weighted by atomic mass is 9.85. The molecule has 2 aromatic carbocycles. The van der Waals surface area contributed by atoms with Gasteiger partial charge in [-0.3, -0.25) is 9.78 Å². The number of pyridine rings is 1. The van der Waals surface area contributed by atoms with E-state index >= 15 is 0 Å². The fraction of sp³-hybridized carbons (Fsp3) is 0.182. The lowest BCUT2D eigenvalue weighted by molar-refractivity contribution is 0.104. The van der Waals surface area contributed by atoms with E-state index in [1.807, 2.05) is 30.3 Å². The molecule has 3 nitrogen and oxygen atoms in total. The Hall–Kier alpha value is -2.94. The molecule has 0 radical (unpaired) electrons. The molecule has 0 spiro atoms. The molecule has 0 fully saturated rings. The molecule has 4 rings (SSSR count). The fourth-order valence-electron chi connectivity index (χ4n) is 3.52. The molecule has 124 valence electrons. The molecule has 0 saturated carbocycles. The Morgan fingerprint density at radius 1 is 1.08 bits per heavy atom. The normalized spacial score (nSPS) is 17.1. The van der Waals surface area contributed by atoms with Crippen LogP contribution in [0.15, 0.2) is 66.9 Å². The quantitative estimate of drug-likeness (QED) is 0.560. The average Bonchev–Trinajstić information content (AvgIpc) is 2.60. The van der Waals surface area contributed by atoms with Crippen LogP contribution in [0.2, 0.25) is 0 Å². The van der Waals surface area contributed by atoms with Gasteiger partial charge < -0.3 is 5.32 Å². The van der Waals surface area contributed by atoms with Gasteiger partial charge in [-0.2, -0.15) is 0 Å². The first-order valence-corrected chi connectivity index (χ1v) is 8.50. The smallest absolute Gasteiger partial charge is 0.188 e. The predicted octanol–water partition coefficient (Wildman–Crippen LogP) is 4.38. The Labute approximate surface area is 147 Å². The lowest BCUT2D eigenvalue weighted by Gasteiger charge is -2.35. The van der Waals surface area contributed by atoms with Crippen molar-refractivity contribution in [2.24, 2.45) is 0 Å². The van der Waals surface area contributed by atoms with Gasteiger partial charge >= 0.3 is 0 Å². The second kappa shape index (κ2) is 5.85. The molecule has 1 aromatic heterocycles. The summed E-state index contributed by atoms with van der Waals surface area (Å²) in [6, 6.07) is 17.8. The lowest BCUT2D eigenvalue weighted by Crippen LogP contribution is -2.43. The third kappa shape index (κ3) is 2.93. The summed E-state index contributed by atoms with van der Waals surface area (Å²) >= 11 is 0. The maximum Gasteiger partial charge on any atom is 0.188 e. The molecule has 2 heterocycles. The minimum Gasteiger partial charge on any atom is -0.379 e. The SMILES string of the molecule is CC1(C)Cc2ccccc2/C(=C/C(=O)c2ccnc3ccccc23)N1. The summed E-state index contributed by atoms with van der Waals surface area (Å²) in [5.41, 5.74) is 4.70. The third-order valence-electron chi connectivity index (χ3n) is 4.60. The van der Waals surface area contributed by atoms with Gasteiger partial charge in [0.1, 0.15) is 0 Å². The van der Waals surface area contributed by atoms with Crippen LogP contribution in [-0.4, -0.2) is 16.3 Å². The molecule has 0 amide bonds. The van der Waals surface area contributed by atoms with Gasteiger partial charge in [0.25, 0.3) is 0 Å². The Morgan fingerprint density at radius 3 is 2.72 bits per heavy atom. The van der Waals surface area contributed by atoms with Gasteiger partial charge in [0.2, 0.25) is 0 Å². The van der Waals surface area contributed by atoms with Crippen molar-refractivity contribution in [3.8, 4) is 0 Å². The molecular weight excluding hydrogens is 308 g/mol. The van der Waals surface area contributed by atoms with Crippen LogP contribution in [0.5, 0.6) is 0 Å². The van der Waals surface area contributed by atoms with Gasteiger partial charge in [0.15, 0.2) is 5.78 Å². The molecule has 0 unspecified atom stereocenters. The molecule has 1 N–H and O–H groups in total. The minimum atomic E-state index is -0.0826. The van der Waals surface area contributed by atoms with Crippen molar-refractivity contribution in [2.75, 3.05) is 0 Å². The molecular formula is C22H20N2O. The molecule has 0 saturated heterocycles. The number of fused-ring (bicyclic) bond motifs is 2. The number of hydrogen-bond acceptors (Lipinski definition) is 3.